The van der Waals surface area contributed by atoms with Crippen LogP contribution in [-0.2, 0) is 17.1 Å². The Morgan fingerprint density at radius 2 is 1.91 bits per heavy atom. The molecule has 0 spiro atoms. The Morgan fingerprint density at radius 1 is 1.14 bits per heavy atom. The van der Waals surface area contributed by atoms with Crippen molar-refractivity contribution in [2.24, 2.45) is 7.05 Å². The maximum absolute atomic E-state index is 13.7. The molecule has 2 aromatic heterocycles. The molecule has 0 aliphatic heterocycles. The van der Waals surface area contributed by atoms with E-state index in [4.69, 9.17) is 0 Å². The second kappa shape index (κ2) is 5.26. The van der Waals surface area contributed by atoms with Crippen LogP contribution in [0, 0.1) is 5.82 Å². The van der Waals surface area contributed by atoms with E-state index in [9.17, 15) is 12.8 Å². The third-order valence-electron chi connectivity index (χ3n) is 2.93. The van der Waals surface area contributed by atoms with Gasteiger partial charge in [0.2, 0.25) is 0 Å². The van der Waals surface area contributed by atoms with Crippen molar-refractivity contribution in [3.63, 3.8) is 0 Å². The number of sulfonamides is 1. The first-order valence-corrected chi connectivity index (χ1v) is 7.75. The summed E-state index contributed by atoms with van der Waals surface area (Å²) in [7, 11) is -2.13. The van der Waals surface area contributed by atoms with Gasteiger partial charge >= 0.3 is 0 Å². The Bertz CT molecular complexity index is 916. The van der Waals surface area contributed by atoms with Crippen molar-refractivity contribution in [2.45, 2.75) is 4.90 Å². The molecule has 1 N–H and O–H groups in total. The molecule has 0 amide bonds. The number of hydrogen-bond donors (Lipinski definition) is 1. The third kappa shape index (κ3) is 2.70. The molecule has 2 heterocycles. The number of aryl methyl sites for hydroxylation is 1. The van der Waals surface area contributed by atoms with E-state index in [0.717, 1.165) is 6.20 Å². The minimum absolute atomic E-state index is 0.0698. The molecule has 0 unspecified atom stereocenters. The number of anilines is 1. The zero-order chi connectivity index (χ0) is 15.7. The number of rotatable bonds is 4. The molecule has 9 heteroatoms. The van der Waals surface area contributed by atoms with Gasteiger partial charge in [0, 0.05) is 13.2 Å². The van der Waals surface area contributed by atoms with Crippen molar-refractivity contribution in [3.8, 4) is 5.69 Å². The fourth-order valence-corrected chi connectivity index (χ4v) is 2.86. The number of halogens is 1. The lowest BCUT2D eigenvalue weighted by atomic mass is 10.3. The van der Waals surface area contributed by atoms with Crippen LogP contribution in [0.5, 0.6) is 0 Å². The molecular formula is C13H12FN5O2S. The maximum Gasteiger partial charge on any atom is 0.265 e. The van der Waals surface area contributed by atoms with Crippen molar-refractivity contribution >= 4 is 15.7 Å². The number of nitrogens with one attached hydrogen (secondary N) is 1. The monoisotopic (exact) mass is 321 g/mol. The van der Waals surface area contributed by atoms with Crippen LogP contribution >= 0.6 is 0 Å². The SMILES string of the molecule is Cn1cc(NS(=O)(=O)c2cnn(-c3ccccc3F)c2)cn1. The number of hydrogen-bond acceptors (Lipinski definition) is 4. The van der Waals surface area contributed by atoms with Gasteiger partial charge in [0.25, 0.3) is 10.0 Å². The van der Waals surface area contributed by atoms with Crippen molar-refractivity contribution < 1.29 is 12.8 Å². The van der Waals surface area contributed by atoms with E-state index in [2.05, 4.69) is 14.9 Å². The van der Waals surface area contributed by atoms with Crippen LogP contribution in [0.1, 0.15) is 0 Å². The Morgan fingerprint density at radius 3 is 2.59 bits per heavy atom. The van der Waals surface area contributed by atoms with Gasteiger partial charge in [0.05, 0.1) is 24.3 Å². The van der Waals surface area contributed by atoms with E-state index in [1.807, 2.05) is 0 Å². The van der Waals surface area contributed by atoms with E-state index in [-0.39, 0.29) is 10.6 Å². The van der Waals surface area contributed by atoms with E-state index in [0.29, 0.717) is 5.69 Å². The average molecular weight is 321 g/mol. The molecule has 114 valence electrons. The molecule has 22 heavy (non-hydrogen) atoms. The summed E-state index contributed by atoms with van der Waals surface area (Å²) in [6.45, 7) is 0. The fraction of sp³-hybridized carbons (Fsp3) is 0.0769. The number of para-hydroxylation sites is 1. The van der Waals surface area contributed by atoms with Gasteiger partial charge in [-0.05, 0) is 12.1 Å². The molecule has 0 aliphatic rings. The minimum atomic E-state index is -3.81. The van der Waals surface area contributed by atoms with Crippen LogP contribution in [0.4, 0.5) is 10.1 Å². The Hall–Kier alpha value is -2.68. The Balaban J connectivity index is 1.91. The summed E-state index contributed by atoms with van der Waals surface area (Å²) in [5.74, 6) is -0.491. The Labute approximate surface area is 126 Å². The van der Waals surface area contributed by atoms with Crippen LogP contribution in [0.3, 0.4) is 0 Å². The van der Waals surface area contributed by atoms with Gasteiger partial charge in [-0.1, -0.05) is 12.1 Å². The minimum Gasteiger partial charge on any atom is -0.276 e. The topological polar surface area (TPSA) is 81.8 Å². The van der Waals surface area contributed by atoms with Crippen molar-refractivity contribution in [2.75, 3.05) is 4.72 Å². The van der Waals surface area contributed by atoms with Crippen molar-refractivity contribution in [1.82, 2.24) is 19.6 Å². The molecule has 0 fully saturated rings. The number of nitrogens with zero attached hydrogens (tertiary/aromatic N) is 4. The van der Waals surface area contributed by atoms with Gasteiger partial charge < -0.3 is 0 Å². The van der Waals surface area contributed by atoms with Gasteiger partial charge in [0.15, 0.2) is 0 Å². The molecule has 3 aromatic rings. The molecule has 0 saturated carbocycles. The van der Waals surface area contributed by atoms with E-state index in [1.54, 1.807) is 19.2 Å². The molecule has 3 rings (SSSR count). The summed E-state index contributed by atoms with van der Waals surface area (Å²) < 4.78 is 43.2. The highest BCUT2D eigenvalue weighted by Crippen LogP contribution is 2.17. The average Bonchev–Trinajstić information content (AvgIpc) is 3.09. The normalized spacial score (nSPS) is 11.5. The van der Waals surface area contributed by atoms with Gasteiger partial charge in [0.1, 0.15) is 16.4 Å². The second-order valence-electron chi connectivity index (χ2n) is 4.58. The highest BCUT2D eigenvalue weighted by molar-refractivity contribution is 7.92. The Kier molecular flexibility index (Phi) is 3.41. The van der Waals surface area contributed by atoms with Crippen LogP contribution in [-0.4, -0.2) is 28.0 Å². The fourth-order valence-electron chi connectivity index (χ4n) is 1.90. The summed E-state index contributed by atoms with van der Waals surface area (Å²) in [4.78, 5) is -0.0698. The quantitative estimate of drug-likeness (QED) is 0.790. The van der Waals surface area contributed by atoms with Crippen LogP contribution < -0.4 is 4.72 Å². The number of benzene rings is 1. The highest BCUT2D eigenvalue weighted by Gasteiger charge is 2.18. The van der Waals surface area contributed by atoms with Crippen LogP contribution in [0.2, 0.25) is 0 Å². The van der Waals surface area contributed by atoms with E-state index in [1.165, 1.54) is 40.1 Å². The third-order valence-corrected chi connectivity index (χ3v) is 4.26. The lowest BCUT2D eigenvalue weighted by molar-refractivity contribution is 0.600. The summed E-state index contributed by atoms with van der Waals surface area (Å²) >= 11 is 0. The standard InChI is InChI=1S/C13H12FN5O2S/c1-18-8-10(6-15-18)17-22(20,21)11-7-16-19(9-11)13-5-3-2-4-12(13)14/h2-9,17H,1H3. The summed E-state index contributed by atoms with van der Waals surface area (Å²) in [5, 5.41) is 7.78. The lowest BCUT2D eigenvalue weighted by Crippen LogP contribution is -2.11. The van der Waals surface area contributed by atoms with Gasteiger partial charge in [-0.2, -0.15) is 10.2 Å². The molecule has 0 radical (unpaired) electrons. The van der Waals surface area contributed by atoms with Crippen molar-refractivity contribution in [1.29, 1.82) is 0 Å². The molecule has 0 atom stereocenters. The lowest BCUT2D eigenvalue weighted by Gasteiger charge is -2.03. The first kappa shape index (κ1) is 14.3. The summed E-state index contributed by atoms with van der Waals surface area (Å²) in [6, 6.07) is 5.97. The number of aromatic nitrogens is 4. The predicted octanol–water partition coefficient (Wildman–Crippen LogP) is 1.55. The summed E-state index contributed by atoms with van der Waals surface area (Å²) in [6.07, 6.45) is 5.32. The maximum atomic E-state index is 13.7. The van der Waals surface area contributed by atoms with Crippen LogP contribution in [0.15, 0.2) is 53.9 Å². The zero-order valence-corrected chi connectivity index (χ0v) is 12.3. The first-order chi connectivity index (χ1) is 10.5. The smallest absolute Gasteiger partial charge is 0.265 e. The second-order valence-corrected chi connectivity index (χ2v) is 6.26. The predicted molar refractivity (Wildman–Crippen MR) is 77.5 cm³/mol. The molecular weight excluding hydrogens is 309 g/mol. The molecule has 7 nitrogen and oxygen atoms in total. The largest absolute Gasteiger partial charge is 0.276 e. The first-order valence-electron chi connectivity index (χ1n) is 6.27. The van der Waals surface area contributed by atoms with Crippen LogP contribution in [0.25, 0.3) is 5.69 Å². The molecule has 0 bridgehead atoms. The molecule has 1 aromatic carbocycles. The van der Waals surface area contributed by atoms with Gasteiger partial charge in [-0.25, -0.2) is 17.5 Å². The summed E-state index contributed by atoms with van der Waals surface area (Å²) in [5.41, 5.74) is 0.506. The van der Waals surface area contributed by atoms with Gasteiger partial charge in [-0.3, -0.25) is 9.40 Å². The van der Waals surface area contributed by atoms with E-state index >= 15 is 0 Å². The zero-order valence-electron chi connectivity index (χ0n) is 11.5. The van der Waals surface area contributed by atoms with E-state index < -0.39 is 15.8 Å². The molecule has 0 aliphatic carbocycles. The van der Waals surface area contributed by atoms with Crippen molar-refractivity contribution in [3.05, 3.63) is 54.9 Å². The van der Waals surface area contributed by atoms with Gasteiger partial charge in [-0.15, -0.1) is 0 Å². The molecule has 0 saturated heterocycles. The highest BCUT2D eigenvalue weighted by atomic mass is 32.2.